The number of rotatable bonds is 1. The van der Waals surface area contributed by atoms with E-state index in [0.29, 0.717) is 0 Å². The number of hydrogen-bond acceptors (Lipinski definition) is 2. The molecule has 3 nitrogen and oxygen atoms in total. The first-order valence-corrected chi connectivity index (χ1v) is 3.59. The molecule has 0 aromatic heterocycles. The number of ether oxygens (including phenoxy) is 1. The molecule has 0 aromatic carbocycles. The third-order valence-corrected chi connectivity index (χ3v) is 1.76. The lowest BCUT2D eigenvalue weighted by atomic mass is 10.1. The van der Waals surface area contributed by atoms with Gasteiger partial charge in [-0.1, -0.05) is 0 Å². The highest BCUT2D eigenvalue weighted by atomic mass is 16.5. The van der Waals surface area contributed by atoms with Gasteiger partial charge in [0.2, 0.25) is 5.91 Å². The van der Waals surface area contributed by atoms with Gasteiger partial charge in [0, 0.05) is 13.5 Å². The van der Waals surface area contributed by atoms with Gasteiger partial charge in [-0.3, -0.25) is 4.79 Å². The molecule has 1 amide bonds. The highest BCUT2D eigenvalue weighted by Crippen LogP contribution is 2.11. The Labute approximate surface area is 60.7 Å². The Bertz CT molecular complexity index is 136. The van der Waals surface area contributed by atoms with E-state index in [1.54, 1.807) is 0 Å². The lowest BCUT2D eigenvalue weighted by Gasteiger charge is -2.13. The molecule has 1 fully saturated rings. The second-order valence-corrected chi connectivity index (χ2v) is 2.67. The van der Waals surface area contributed by atoms with Gasteiger partial charge in [0.25, 0.3) is 0 Å². The van der Waals surface area contributed by atoms with Crippen molar-refractivity contribution in [2.45, 2.75) is 32.4 Å². The van der Waals surface area contributed by atoms with Crippen LogP contribution in [0.1, 0.15) is 20.3 Å². The number of carbonyl (C=O) groups is 1. The molecule has 1 heterocycles. The van der Waals surface area contributed by atoms with E-state index in [9.17, 15) is 4.79 Å². The Balaban J connectivity index is 2.33. The Morgan fingerprint density at radius 1 is 1.70 bits per heavy atom. The van der Waals surface area contributed by atoms with Gasteiger partial charge < -0.3 is 10.1 Å². The monoisotopic (exact) mass is 143 g/mol. The van der Waals surface area contributed by atoms with Crippen molar-refractivity contribution < 1.29 is 9.53 Å². The maximum atomic E-state index is 10.6. The minimum absolute atomic E-state index is 0.0300. The molecule has 1 saturated heterocycles. The fourth-order valence-electron chi connectivity index (χ4n) is 1.18. The summed E-state index contributed by atoms with van der Waals surface area (Å²) in [6.07, 6.45) is 1.13. The van der Waals surface area contributed by atoms with Crippen molar-refractivity contribution in [3.05, 3.63) is 0 Å². The Morgan fingerprint density at radius 3 is 2.80 bits per heavy atom. The van der Waals surface area contributed by atoms with Crippen LogP contribution >= 0.6 is 0 Å². The number of carbonyl (C=O) groups excluding carboxylic acids is 1. The first-order valence-electron chi connectivity index (χ1n) is 3.59. The van der Waals surface area contributed by atoms with Gasteiger partial charge in [-0.2, -0.15) is 0 Å². The average molecular weight is 143 g/mol. The van der Waals surface area contributed by atoms with E-state index < -0.39 is 0 Å². The van der Waals surface area contributed by atoms with Gasteiger partial charge >= 0.3 is 0 Å². The molecule has 1 rings (SSSR count). The van der Waals surface area contributed by atoms with Crippen LogP contribution in [0.2, 0.25) is 0 Å². The van der Waals surface area contributed by atoms with E-state index in [4.69, 9.17) is 4.74 Å². The van der Waals surface area contributed by atoms with Gasteiger partial charge in [0.1, 0.15) is 0 Å². The van der Waals surface area contributed by atoms with Crippen molar-refractivity contribution in [3.8, 4) is 0 Å². The van der Waals surface area contributed by atoms with Gasteiger partial charge in [-0.25, -0.2) is 0 Å². The van der Waals surface area contributed by atoms with Crippen LogP contribution in [-0.2, 0) is 9.53 Å². The third-order valence-electron chi connectivity index (χ3n) is 1.76. The summed E-state index contributed by atoms with van der Waals surface area (Å²) in [5.74, 6) is 0.0300. The topological polar surface area (TPSA) is 38.3 Å². The van der Waals surface area contributed by atoms with Crippen LogP contribution in [0.5, 0.6) is 0 Å². The molecule has 2 atom stereocenters. The maximum absolute atomic E-state index is 10.6. The van der Waals surface area contributed by atoms with E-state index in [2.05, 4.69) is 5.32 Å². The zero-order valence-electron chi connectivity index (χ0n) is 6.39. The lowest BCUT2D eigenvalue weighted by molar-refractivity contribution is -0.120. The molecule has 0 aliphatic carbocycles. The van der Waals surface area contributed by atoms with Crippen molar-refractivity contribution >= 4 is 5.91 Å². The molecule has 0 radical (unpaired) electrons. The molecule has 0 aromatic rings. The molecule has 2 unspecified atom stereocenters. The molecule has 10 heavy (non-hydrogen) atoms. The maximum Gasteiger partial charge on any atom is 0.217 e. The van der Waals surface area contributed by atoms with Crippen molar-refractivity contribution in [2.75, 3.05) is 6.61 Å². The molecular formula is C7H13NO2. The van der Waals surface area contributed by atoms with E-state index in [1.807, 2.05) is 6.92 Å². The minimum Gasteiger partial charge on any atom is -0.376 e. The van der Waals surface area contributed by atoms with Crippen molar-refractivity contribution in [2.24, 2.45) is 0 Å². The van der Waals surface area contributed by atoms with Gasteiger partial charge in [0.05, 0.1) is 12.1 Å². The summed E-state index contributed by atoms with van der Waals surface area (Å²) in [6.45, 7) is 4.28. The van der Waals surface area contributed by atoms with E-state index >= 15 is 0 Å². The van der Waals surface area contributed by atoms with Gasteiger partial charge in [-0.05, 0) is 13.3 Å². The van der Waals surface area contributed by atoms with E-state index in [-0.39, 0.29) is 18.1 Å². The number of nitrogens with one attached hydrogen (secondary N) is 1. The summed E-state index contributed by atoms with van der Waals surface area (Å²) >= 11 is 0. The lowest BCUT2D eigenvalue weighted by Crippen LogP contribution is -2.37. The zero-order valence-corrected chi connectivity index (χ0v) is 6.39. The summed E-state index contributed by atoms with van der Waals surface area (Å²) in [6, 6.07) is 0.234. The third kappa shape index (κ3) is 1.70. The minimum atomic E-state index is 0.0300. The van der Waals surface area contributed by atoms with Crippen LogP contribution < -0.4 is 5.32 Å². The molecule has 0 bridgehead atoms. The predicted molar refractivity (Wildman–Crippen MR) is 37.6 cm³/mol. The Morgan fingerprint density at radius 2 is 2.40 bits per heavy atom. The van der Waals surface area contributed by atoms with Crippen molar-refractivity contribution in [1.29, 1.82) is 0 Å². The number of hydrogen-bond donors (Lipinski definition) is 1. The fourth-order valence-corrected chi connectivity index (χ4v) is 1.18. The summed E-state index contributed by atoms with van der Waals surface area (Å²) in [7, 11) is 0. The van der Waals surface area contributed by atoms with Crippen LogP contribution in [-0.4, -0.2) is 24.7 Å². The molecule has 1 aliphatic heterocycles. The SMILES string of the molecule is CC(=O)NC1CCOC1C. The highest BCUT2D eigenvalue weighted by Gasteiger charge is 2.24. The molecular weight excluding hydrogens is 130 g/mol. The fraction of sp³-hybridized carbons (Fsp3) is 0.857. The standard InChI is InChI=1S/C7H13NO2/c1-5-7(3-4-10-5)8-6(2)9/h5,7H,3-4H2,1-2H3,(H,8,9). The highest BCUT2D eigenvalue weighted by molar-refractivity contribution is 5.73. The van der Waals surface area contributed by atoms with Gasteiger partial charge in [-0.15, -0.1) is 0 Å². The van der Waals surface area contributed by atoms with Crippen LogP contribution in [0.3, 0.4) is 0 Å². The van der Waals surface area contributed by atoms with Crippen LogP contribution in [0.25, 0.3) is 0 Å². The first kappa shape index (κ1) is 7.54. The Kier molecular flexibility index (Phi) is 2.27. The molecule has 58 valence electrons. The molecule has 1 N–H and O–H groups in total. The smallest absolute Gasteiger partial charge is 0.217 e. The number of amides is 1. The summed E-state index contributed by atoms with van der Waals surface area (Å²) in [5.41, 5.74) is 0. The second-order valence-electron chi connectivity index (χ2n) is 2.67. The van der Waals surface area contributed by atoms with Crippen LogP contribution in [0, 0.1) is 0 Å². The quantitative estimate of drug-likeness (QED) is 0.573. The van der Waals surface area contributed by atoms with Crippen molar-refractivity contribution in [3.63, 3.8) is 0 Å². The van der Waals surface area contributed by atoms with Crippen LogP contribution in [0.4, 0.5) is 0 Å². The van der Waals surface area contributed by atoms with E-state index in [1.165, 1.54) is 6.92 Å². The molecule has 1 aliphatic rings. The molecule has 0 saturated carbocycles. The summed E-state index contributed by atoms with van der Waals surface area (Å²) in [4.78, 5) is 10.6. The molecule has 0 spiro atoms. The molecule has 3 heteroatoms. The first-order chi connectivity index (χ1) is 4.70. The van der Waals surface area contributed by atoms with Gasteiger partial charge in [0.15, 0.2) is 0 Å². The second kappa shape index (κ2) is 3.01. The Hall–Kier alpha value is -0.570. The van der Waals surface area contributed by atoms with Crippen molar-refractivity contribution in [1.82, 2.24) is 5.32 Å². The normalized spacial score (nSPS) is 32.2. The summed E-state index contributed by atoms with van der Waals surface area (Å²) < 4.78 is 5.25. The van der Waals surface area contributed by atoms with Crippen LogP contribution in [0.15, 0.2) is 0 Å². The summed E-state index contributed by atoms with van der Waals surface area (Å²) in [5, 5.41) is 2.83. The average Bonchev–Trinajstić information content (AvgIpc) is 2.15. The zero-order chi connectivity index (χ0) is 7.56. The predicted octanol–water partition coefficient (Wildman–Crippen LogP) is 0.300. The largest absolute Gasteiger partial charge is 0.376 e. The van der Waals surface area contributed by atoms with E-state index in [0.717, 1.165) is 13.0 Å².